The molecule has 1 fully saturated rings. The van der Waals surface area contributed by atoms with E-state index in [0.29, 0.717) is 11.8 Å². The van der Waals surface area contributed by atoms with Gasteiger partial charge in [0.1, 0.15) is 5.75 Å². The summed E-state index contributed by atoms with van der Waals surface area (Å²) in [5.41, 5.74) is 0. The van der Waals surface area contributed by atoms with Gasteiger partial charge in [-0.25, -0.2) is 0 Å². The molecule has 1 aromatic carbocycles. The molecule has 0 aliphatic carbocycles. The minimum atomic E-state index is 0.343. The third kappa shape index (κ3) is 3.43. The van der Waals surface area contributed by atoms with Crippen molar-refractivity contribution in [3.05, 3.63) is 24.3 Å². The zero-order valence-electron chi connectivity index (χ0n) is 8.78. The predicted molar refractivity (Wildman–Crippen MR) is 64.5 cm³/mol. The average molecular weight is 223 g/mol. The van der Waals surface area contributed by atoms with Crippen LogP contribution in [-0.4, -0.2) is 23.4 Å². The number of phenolic OH excluding ortho intramolecular Hbond substituents is 1. The first-order chi connectivity index (χ1) is 7.34. The summed E-state index contributed by atoms with van der Waals surface area (Å²) in [5, 5.41) is 12.7. The first-order valence-electron chi connectivity index (χ1n) is 5.50. The number of piperidine rings is 1. The van der Waals surface area contributed by atoms with Crippen molar-refractivity contribution < 1.29 is 5.11 Å². The van der Waals surface area contributed by atoms with Gasteiger partial charge in [0.05, 0.1) is 0 Å². The number of rotatable bonds is 3. The van der Waals surface area contributed by atoms with Crippen molar-refractivity contribution in [2.24, 2.45) is 0 Å². The third-order valence-electron chi connectivity index (χ3n) is 2.70. The lowest BCUT2D eigenvalue weighted by atomic mass is 10.1. The van der Waals surface area contributed by atoms with Crippen molar-refractivity contribution in [3.8, 4) is 5.75 Å². The van der Waals surface area contributed by atoms with Crippen LogP contribution >= 0.6 is 11.8 Å². The van der Waals surface area contributed by atoms with Gasteiger partial charge in [0.25, 0.3) is 0 Å². The molecule has 2 rings (SSSR count). The van der Waals surface area contributed by atoms with Gasteiger partial charge in [0, 0.05) is 16.7 Å². The molecule has 1 heterocycles. The summed E-state index contributed by atoms with van der Waals surface area (Å²) in [6.45, 7) is 1.17. The first-order valence-corrected chi connectivity index (χ1v) is 6.48. The maximum Gasteiger partial charge on any atom is 0.115 e. The average Bonchev–Trinajstić information content (AvgIpc) is 2.30. The van der Waals surface area contributed by atoms with Crippen molar-refractivity contribution in [2.45, 2.75) is 30.2 Å². The summed E-state index contributed by atoms with van der Waals surface area (Å²) in [5.74, 6) is 1.47. The summed E-state index contributed by atoms with van der Waals surface area (Å²) in [7, 11) is 0. The van der Waals surface area contributed by atoms with Crippen LogP contribution in [0.1, 0.15) is 19.3 Å². The van der Waals surface area contributed by atoms with Crippen molar-refractivity contribution in [2.75, 3.05) is 12.3 Å². The second kappa shape index (κ2) is 5.42. The number of thioether (sulfide) groups is 1. The van der Waals surface area contributed by atoms with E-state index in [0.717, 1.165) is 5.75 Å². The monoisotopic (exact) mass is 223 g/mol. The fraction of sp³-hybridized carbons (Fsp3) is 0.500. The van der Waals surface area contributed by atoms with E-state index in [1.807, 2.05) is 23.9 Å². The number of phenols is 1. The van der Waals surface area contributed by atoms with Gasteiger partial charge in [-0.2, -0.15) is 0 Å². The molecular weight excluding hydrogens is 206 g/mol. The highest BCUT2D eigenvalue weighted by Crippen LogP contribution is 2.23. The lowest BCUT2D eigenvalue weighted by Crippen LogP contribution is -2.35. The van der Waals surface area contributed by atoms with Crippen LogP contribution in [0.5, 0.6) is 5.75 Å². The SMILES string of the molecule is Oc1ccc(SCC2CCCCN2)cc1. The topological polar surface area (TPSA) is 32.3 Å². The van der Waals surface area contributed by atoms with Gasteiger partial charge >= 0.3 is 0 Å². The van der Waals surface area contributed by atoms with Gasteiger partial charge in [-0.15, -0.1) is 11.8 Å². The van der Waals surface area contributed by atoms with Gasteiger partial charge < -0.3 is 10.4 Å². The highest BCUT2D eigenvalue weighted by molar-refractivity contribution is 7.99. The van der Waals surface area contributed by atoms with Crippen LogP contribution in [0.4, 0.5) is 0 Å². The molecule has 0 bridgehead atoms. The Hall–Kier alpha value is -0.670. The lowest BCUT2D eigenvalue weighted by Gasteiger charge is -2.22. The van der Waals surface area contributed by atoms with Crippen LogP contribution in [0.2, 0.25) is 0 Å². The Balaban J connectivity index is 1.79. The summed E-state index contributed by atoms with van der Waals surface area (Å²) in [6.07, 6.45) is 3.97. The zero-order chi connectivity index (χ0) is 10.5. The lowest BCUT2D eigenvalue weighted by molar-refractivity contribution is 0.430. The Morgan fingerprint density at radius 1 is 1.27 bits per heavy atom. The van der Waals surface area contributed by atoms with E-state index in [2.05, 4.69) is 5.32 Å². The van der Waals surface area contributed by atoms with E-state index in [1.165, 1.54) is 30.7 Å². The molecule has 0 amide bonds. The highest BCUT2D eigenvalue weighted by atomic mass is 32.2. The van der Waals surface area contributed by atoms with Crippen LogP contribution in [0.15, 0.2) is 29.2 Å². The standard InChI is InChI=1S/C12H17NOS/c14-11-4-6-12(7-5-11)15-9-10-3-1-2-8-13-10/h4-7,10,13-14H,1-3,8-9H2. The molecule has 0 aromatic heterocycles. The Morgan fingerprint density at radius 2 is 2.07 bits per heavy atom. The second-order valence-electron chi connectivity index (χ2n) is 3.95. The molecular formula is C12H17NOS. The maximum absolute atomic E-state index is 9.15. The smallest absolute Gasteiger partial charge is 0.115 e. The Bertz CT molecular complexity index is 293. The Morgan fingerprint density at radius 3 is 2.73 bits per heavy atom. The normalized spacial score (nSPS) is 21.5. The summed E-state index contributed by atoms with van der Waals surface area (Å²) in [4.78, 5) is 1.24. The van der Waals surface area contributed by atoms with E-state index in [-0.39, 0.29) is 0 Å². The van der Waals surface area contributed by atoms with Crippen LogP contribution in [-0.2, 0) is 0 Å². The zero-order valence-corrected chi connectivity index (χ0v) is 9.59. The summed E-state index contributed by atoms with van der Waals surface area (Å²) < 4.78 is 0. The summed E-state index contributed by atoms with van der Waals surface area (Å²) >= 11 is 1.86. The van der Waals surface area contributed by atoms with Gasteiger partial charge in [-0.3, -0.25) is 0 Å². The quantitative estimate of drug-likeness (QED) is 0.773. The molecule has 15 heavy (non-hydrogen) atoms. The molecule has 0 saturated carbocycles. The van der Waals surface area contributed by atoms with Crippen LogP contribution < -0.4 is 5.32 Å². The molecule has 1 atom stereocenters. The first kappa shape index (κ1) is 10.8. The molecule has 1 aromatic rings. The Labute approximate surface area is 95.1 Å². The number of nitrogens with one attached hydrogen (secondary N) is 1. The highest BCUT2D eigenvalue weighted by Gasteiger charge is 2.12. The van der Waals surface area contributed by atoms with Crippen molar-refractivity contribution in [1.29, 1.82) is 0 Å². The molecule has 3 heteroatoms. The van der Waals surface area contributed by atoms with Gasteiger partial charge in [-0.05, 0) is 43.7 Å². The summed E-state index contributed by atoms with van der Waals surface area (Å²) in [6, 6.07) is 8.11. The minimum absolute atomic E-state index is 0.343. The number of benzene rings is 1. The second-order valence-corrected chi connectivity index (χ2v) is 5.05. The molecule has 2 N–H and O–H groups in total. The van der Waals surface area contributed by atoms with Crippen LogP contribution in [0.3, 0.4) is 0 Å². The van der Waals surface area contributed by atoms with Gasteiger partial charge in [-0.1, -0.05) is 6.42 Å². The molecule has 82 valence electrons. The molecule has 0 spiro atoms. The molecule has 0 radical (unpaired) electrons. The van der Waals surface area contributed by atoms with E-state index < -0.39 is 0 Å². The van der Waals surface area contributed by atoms with Gasteiger partial charge in [0.2, 0.25) is 0 Å². The number of aromatic hydroxyl groups is 1. The van der Waals surface area contributed by atoms with Crippen molar-refractivity contribution >= 4 is 11.8 Å². The molecule has 1 aliphatic heterocycles. The van der Waals surface area contributed by atoms with E-state index >= 15 is 0 Å². The van der Waals surface area contributed by atoms with Gasteiger partial charge in [0.15, 0.2) is 0 Å². The number of hydrogen-bond donors (Lipinski definition) is 2. The molecule has 2 nitrogen and oxygen atoms in total. The fourth-order valence-corrected chi connectivity index (χ4v) is 2.81. The number of hydrogen-bond acceptors (Lipinski definition) is 3. The third-order valence-corrected chi connectivity index (χ3v) is 3.87. The maximum atomic E-state index is 9.15. The molecule has 1 saturated heterocycles. The van der Waals surface area contributed by atoms with Crippen molar-refractivity contribution in [1.82, 2.24) is 5.32 Å². The van der Waals surface area contributed by atoms with Crippen molar-refractivity contribution in [3.63, 3.8) is 0 Å². The minimum Gasteiger partial charge on any atom is -0.508 e. The molecule has 1 aliphatic rings. The fourth-order valence-electron chi connectivity index (χ4n) is 1.81. The van der Waals surface area contributed by atoms with Crippen LogP contribution in [0.25, 0.3) is 0 Å². The molecule has 1 unspecified atom stereocenters. The van der Waals surface area contributed by atoms with E-state index in [1.54, 1.807) is 12.1 Å². The predicted octanol–water partition coefficient (Wildman–Crippen LogP) is 2.63. The van der Waals surface area contributed by atoms with E-state index in [9.17, 15) is 0 Å². The Kier molecular flexibility index (Phi) is 3.92. The van der Waals surface area contributed by atoms with E-state index in [4.69, 9.17) is 5.11 Å². The largest absolute Gasteiger partial charge is 0.508 e. The van der Waals surface area contributed by atoms with Crippen LogP contribution in [0, 0.1) is 0 Å².